The third kappa shape index (κ3) is 4.50. The molecule has 1 N–H and O–H groups in total. The van der Waals surface area contributed by atoms with Crippen molar-refractivity contribution >= 4 is 7.60 Å². The van der Waals surface area contributed by atoms with Crippen LogP contribution in [-0.2, 0) is 9.09 Å². The molecular weight excluding hydrogens is 151 g/mol. The van der Waals surface area contributed by atoms with Crippen LogP contribution in [0.4, 0.5) is 0 Å². The Balaban J connectivity index is 3.98. The summed E-state index contributed by atoms with van der Waals surface area (Å²) < 4.78 is 15.3. The van der Waals surface area contributed by atoms with E-state index < -0.39 is 7.60 Å². The van der Waals surface area contributed by atoms with E-state index in [9.17, 15) is 4.57 Å². The maximum atomic E-state index is 10.8. The lowest BCUT2D eigenvalue weighted by Gasteiger charge is -2.03. The van der Waals surface area contributed by atoms with Crippen LogP contribution in [0.3, 0.4) is 0 Å². The van der Waals surface area contributed by atoms with E-state index in [1.165, 1.54) is 12.2 Å². The van der Waals surface area contributed by atoms with Gasteiger partial charge in [0, 0.05) is 5.82 Å². The van der Waals surface area contributed by atoms with Crippen molar-refractivity contribution in [3.05, 3.63) is 24.5 Å². The predicted molar refractivity (Wildman–Crippen MR) is 40.8 cm³/mol. The zero-order valence-corrected chi connectivity index (χ0v) is 6.75. The Morgan fingerprint density at radius 2 is 2.40 bits per heavy atom. The van der Waals surface area contributed by atoms with Crippen molar-refractivity contribution in [2.75, 3.05) is 6.61 Å². The lowest BCUT2D eigenvalue weighted by molar-refractivity contribution is 0.283. The van der Waals surface area contributed by atoms with Crippen molar-refractivity contribution in [2.24, 2.45) is 0 Å². The predicted octanol–water partition coefficient (Wildman–Crippen LogP) is 1.91. The van der Waals surface area contributed by atoms with Gasteiger partial charge in [0.05, 0.1) is 6.61 Å². The topological polar surface area (TPSA) is 46.5 Å². The molecule has 0 aromatic carbocycles. The molecule has 0 spiro atoms. The molecule has 0 saturated carbocycles. The lowest BCUT2D eigenvalue weighted by atomic mass is 10.6. The average molecular weight is 162 g/mol. The largest absolute Gasteiger partial charge is 0.351 e. The summed E-state index contributed by atoms with van der Waals surface area (Å²) in [5.41, 5.74) is 0. The molecule has 0 radical (unpaired) electrons. The molecule has 0 aliphatic rings. The summed E-state index contributed by atoms with van der Waals surface area (Å²) in [6.07, 6.45) is 2.80. The van der Waals surface area contributed by atoms with Gasteiger partial charge in [-0.25, -0.2) is 0 Å². The molecule has 10 heavy (non-hydrogen) atoms. The Hall–Kier alpha value is -0.370. The molecule has 1 unspecified atom stereocenters. The Kier molecular flexibility index (Phi) is 4.28. The quantitative estimate of drug-likeness (QED) is 0.507. The van der Waals surface area contributed by atoms with Gasteiger partial charge in [0.15, 0.2) is 0 Å². The van der Waals surface area contributed by atoms with E-state index in [1.807, 2.05) is 0 Å². The molecule has 4 heteroatoms. The van der Waals surface area contributed by atoms with Gasteiger partial charge < -0.3 is 9.42 Å². The van der Waals surface area contributed by atoms with Crippen LogP contribution in [-0.4, -0.2) is 11.5 Å². The molecule has 0 bridgehead atoms. The summed E-state index contributed by atoms with van der Waals surface area (Å²) in [7, 11) is -3.46. The molecule has 0 aliphatic carbocycles. The summed E-state index contributed by atoms with van der Waals surface area (Å²) in [6.45, 7) is 5.24. The second-order valence-electron chi connectivity index (χ2n) is 1.56. The highest BCUT2D eigenvalue weighted by Gasteiger charge is 2.11. The molecule has 0 aliphatic heterocycles. The van der Waals surface area contributed by atoms with Gasteiger partial charge in [0.25, 0.3) is 0 Å². The second-order valence-corrected chi connectivity index (χ2v) is 3.24. The van der Waals surface area contributed by atoms with Crippen LogP contribution < -0.4 is 0 Å². The maximum Gasteiger partial charge on any atom is 0.351 e. The van der Waals surface area contributed by atoms with E-state index in [1.54, 1.807) is 6.92 Å². The van der Waals surface area contributed by atoms with Crippen molar-refractivity contribution in [1.82, 2.24) is 0 Å². The number of rotatable bonds is 4. The van der Waals surface area contributed by atoms with Crippen molar-refractivity contribution in [3.63, 3.8) is 0 Å². The molecule has 0 heterocycles. The van der Waals surface area contributed by atoms with Crippen molar-refractivity contribution in [2.45, 2.75) is 6.92 Å². The SMILES string of the molecule is C=CC=CP(=O)(O)OCC. The van der Waals surface area contributed by atoms with Gasteiger partial charge in [0.1, 0.15) is 0 Å². The van der Waals surface area contributed by atoms with Crippen LogP contribution in [0.15, 0.2) is 24.5 Å². The van der Waals surface area contributed by atoms with Crippen molar-refractivity contribution in [3.8, 4) is 0 Å². The van der Waals surface area contributed by atoms with Crippen LogP contribution in [0, 0.1) is 0 Å². The summed E-state index contributed by atoms with van der Waals surface area (Å²) in [4.78, 5) is 8.84. The molecule has 0 saturated heterocycles. The highest BCUT2D eigenvalue weighted by atomic mass is 31.2. The molecule has 3 nitrogen and oxygen atoms in total. The highest BCUT2D eigenvalue weighted by molar-refractivity contribution is 7.56. The minimum Gasteiger partial charge on any atom is -0.321 e. The Morgan fingerprint density at radius 1 is 1.80 bits per heavy atom. The van der Waals surface area contributed by atoms with Crippen LogP contribution in [0.25, 0.3) is 0 Å². The first-order valence-corrected chi connectivity index (χ1v) is 4.54. The van der Waals surface area contributed by atoms with Gasteiger partial charge >= 0.3 is 7.60 Å². The first kappa shape index (κ1) is 9.63. The van der Waals surface area contributed by atoms with E-state index in [0.29, 0.717) is 0 Å². The van der Waals surface area contributed by atoms with Crippen molar-refractivity contribution < 1.29 is 14.0 Å². The molecule has 58 valence electrons. The first-order valence-electron chi connectivity index (χ1n) is 2.89. The van der Waals surface area contributed by atoms with E-state index in [4.69, 9.17) is 4.89 Å². The fourth-order valence-electron chi connectivity index (χ4n) is 0.398. The molecular formula is C6H11O3P. The normalized spacial score (nSPS) is 17.0. The molecule has 0 amide bonds. The maximum absolute atomic E-state index is 10.8. The third-order valence-corrected chi connectivity index (χ3v) is 1.90. The summed E-state index contributed by atoms with van der Waals surface area (Å²) in [5, 5.41) is 0. The monoisotopic (exact) mass is 162 g/mol. The fourth-order valence-corrected chi connectivity index (χ4v) is 1.19. The first-order chi connectivity index (χ1) is 4.62. The lowest BCUT2D eigenvalue weighted by Crippen LogP contribution is -1.83. The van der Waals surface area contributed by atoms with Gasteiger partial charge in [-0.15, -0.1) is 0 Å². The minimum atomic E-state index is -3.46. The molecule has 0 aromatic rings. The number of hydrogen-bond donors (Lipinski definition) is 1. The summed E-state index contributed by atoms with van der Waals surface area (Å²) >= 11 is 0. The highest BCUT2D eigenvalue weighted by Crippen LogP contribution is 2.43. The Bertz CT molecular complexity index is 174. The van der Waals surface area contributed by atoms with Gasteiger partial charge in [0.2, 0.25) is 0 Å². The van der Waals surface area contributed by atoms with Gasteiger partial charge in [-0.3, -0.25) is 4.57 Å². The third-order valence-electron chi connectivity index (χ3n) is 0.725. The van der Waals surface area contributed by atoms with Gasteiger partial charge in [-0.2, -0.15) is 0 Å². The zero-order chi connectivity index (χ0) is 8.04. The van der Waals surface area contributed by atoms with E-state index >= 15 is 0 Å². The van der Waals surface area contributed by atoms with Crippen LogP contribution in [0.1, 0.15) is 6.92 Å². The van der Waals surface area contributed by atoms with E-state index in [0.717, 1.165) is 5.82 Å². The molecule has 1 atom stereocenters. The zero-order valence-electron chi connectivity index (χ0n) is 5.86. The summed E-state index contributed by atoms with van der Waals surface area (Å²) in [6, 6.07) is 0. The molecule has 0 fully saturated rings. The van der Waals surface area contributed by atoms with Crippen LogP contribution >= 0.6 is 7.60 Å². The second kappa shape index (κ2) is 4.45. The van der Waals surface area contributed by atoms with Crippen LogP contribution in [0.2, 0.25) is 0 Å². The minimum absolute atomic E-state index is 0.231. The van der Waals surface area contributed by atoms with Crippen LogP contribution in [0.5, 0.6) is 0 Å². The number of hydrogen-bond acceptors (Lipinski definition) is 2. The van der Waals surface area contributed by atoms with Crippen molar-refractivity contribution in [1.29, 1.82) is 0 Å². The molecule has 0 rings (SSSR count). The smallest absolute Gasteiger partial charge is 0.321 e. The van der Waals surface area contributed by atoms with Gasteiger partial charge in [-0.1, -0.05) is 18.7 Å². The fraction of sp³-hybridized carbons (Fsp3) is 0.333. The number of allylic oxidation sites excluding steroid dienone is 2. The Morgan fingerprint density at radius 3 is 2.80 bits per heavy atom. The molecule has 0 aromatic heterocycles. The van der Waals surface area contributed by atoms with E-state index in [-0.39, 0.29) is 6.61 Å². The van der Waals surface area contributed by atoms with Gasteiger partial charge in [-0.05, 0) is 6.92 Å². The average Bonchev–Trinajstić information content (AvgIpc) is 1.84. The summed E-state index contributed by atoms with van der Waals surface area (Å²) in [5.74, 6) is 1.10. The standard InChI is InChI=1S/C6H11O3P/c1-3-5-6-10(7,8)9-4-2/h3,5-6H,1,4H2,2H3,(H,7,8). The van der Waals surface area contributed by atoms with E-state index in [2.05, 4.69) is 11.1 Å². The Labute approximate surface area is 60.6 Å².